The summed E-state index contributed by atoms with van der Waals surface area (Å²) in [6.07, 6.45) is 1.01. The van der Waals surface area contributed by atoms with Crippen LogP contribution in [0.5, 0.6) is 5.75 Å². The lowest BCUT2D eigenvalue weighted by atomic mass is 10.0. The zero-order valence-electron chi connectivity index (χ0n) is 12.2. The molecule has 2 rings (SSSR count). The van der Waals surface area contributed by atoms with Gasteiger partial charge in [-0.25, -0.2) is 0 Å². The molecule has 1 aromatic rings. The van der Waals surface area contributed by atoms with Crippen LogP contribution in [0.1, 0.15) is 31.9 Å². The second-order valence-corrected chi connectivity index (χ2v) is 7.71. The summed E-state index contributed by atoms with van der Waals surface area (Å²) in [4.78, 5) is 0. The van der Waals surface area contributed by atoms with E-state index in [2.05, 4.69) is 31.4 Å². The van der Waals surface area contributed by atoms with Crippen LogP contribution >= 0.6 is 23.5 Å². The molecule has 3 nitrogen and oxygen atoms in total. The summed E-state index contributed by atoms with van der Waals surface area (Å²) in [6, 6.07) is 8.39. The van der Waals surface area contributed by atoms with E-state index in [4.69, 9.17) is 10.6 Å². The third-order valence-electron chi connectivity index (χ3n) is 3.46. The molecule has 0 bridgehead atoms. The zero-order valence-corrected chi connectivity index (χ0v) is 13.8. The topological polar surface area (TPSA) is 47.3 Å². The summed E-state index contributed by atoms with van der Waals surface area (Å²) >= 11 is 4.04. The lowest BCUT2D eigenvalue weighted by molar-refractivity contribution is 0.309. The highest BCUT2D eigenvalue weighted by Gasteiger charge is 2.32. The maximum atomic E-state index is 5.88. The summed E-state index contributed by atoms with van der Waals surface area (Å²) in [5.74, 6) is 9.25. The third-order valence-corrected chi connectivity index (χ3v) is 6.66. The molecule has 3 atom stereocenters. The highest BCUT2D eigenvalue weighted by Crippen LogP contribution is 2.40. The van der Waals surface area contributed by atoms with Gasteiger partial charge >= 0.3 is 0 Å². The van der Waals surface area contributed by atoms with E-state index in [-0.39, 0.29) is 6.04 Å². The first-order chi connectivity index (χ1) is 9.77. The molecule has 0 aromatic heterocycles. The molecular formula is C15H24N2OS2. The minimum atomic E-state index is 0.135. The van der Waals surface area contributed by atoms with Crippen molar-refractivity contribution in [2.24, 2.45) is 5.84 Å². The molecule has 5 heteroatoms. The van der Waals surface area contributed by atoms with E-state index < -0.39 is 0 Å². The van der Waals surface area contributed by atoms with Crippen molar-refractivity contribution in [3.8, 4) is 5.75 Å². The molecule has 1 saturated heterocycles. The van der Waals surface area contributed by atoms with Crippen molar-refractivity contribution < 1.29 is 4.74 Å². The van der Waals surface area contributed by atoms with Crippen LogP contribution in [-0.2, 0) is 0 Å². The van der Waals surface area contributed by atoms with Crippen molar-refractivity contribution >= 4 is 23.5 Å². The molecule has 0 saturated carbocycles. The molecule has 3 unspecified atom stereocenters. The molecule has 1 aromatic carbocycles. The normalized spacial score (nSPS) is 24.4. The van der Waals surface area contributed by atoms with Crippen LogP contribution in [0, 0.1) is 0 Å². The number of para-hydroxylation sites is 1. The average Bonchev–Trinajstić information content (AvgIpc) is 2.49. The molecule has 0 radical (unpaired) electrons. The molecule has 20 heavy (non-hydrogen) atoms. The Hall–Kier alpha value is -0.360. The summed E-state index contributed by atoms with van der Waals surface area (Å²) < 4.78 is 5.88. The first-order valence-electron chi connectivity index (χ1n) is 7.19. The number of thioether (sulfide) groups is 2. The number of hydrogen-bond acceptors (Lipinski definition) is 5. The fourth-order valence-electron chi connectivity index (χ4n) is 2.46. The molecule has 3 N–H and O–H groups in total. The first kappa shape index (κ1) is 16.0. The molecule has 112 valence electrons. The number of hydrazine groups is 1. The Kier molecular flexibility index (Phi) is 6.55. The highest BCUT2D eigenvalue weighted by molar-refractivity contribution is 8.07. The van der Waals surface area contributed by atoms with Crippen molar-refractivity contribution in [1.82, 2.24) is 5.43 Å². The van der Waals surface area contributed by atoms with Gasteiger partial charge in [0.05, 0.1) is 12.6 Å². The number of hydrogen-bond donors (Lipinski definition) is 2. The lowest BCUT2D eigenvalue weighted by Gasteiger charge is -2.34. The molecule has 1 fully saturated rings. The third kappa shape index (κ3) is 3.85. The highest BCUT2D eigenvalue weighted by atomic mass is 32.2. The fourth-order valence-corrected chi connectivity index (χ4v) is 5.38. The molecule has 1 aliphatic heterocycles. The van der Waals surface area contributed by atoms with Gasteiger partial charge in [0, 0.05) is 27.6 Å². The van der Waals surface area contributed by atoms with Gasteiger partial charge in [-0.3, -0.25) is 11.3 Å². The summed E-state index contributed by atoms with van der Waals surface area (Å²) in [7, 11) is 0. The van der Waals surface area contributed by atoms with E-state index in [0.717, 1.165) is 18.8 Å². The van der Waals surface area contributed by atoms with Crippen molar-refractivity contribution in [2.75, 3.05) is 18.1 Å². The van der Waals surface area contributed by atoms with Crippen LogP contribution in [0.4, 0.5) is 0 Å². The number of nitrogens with two attached hydrogens (primary N) is 1. The Labute approximate surface area is 130 Å². The van der Waals surface area contributed by atoms with Crippen LogP contribution in [0.2, 0.25) is 0 Å². The number of rotatable bonds is 6. The predicted molar refractivity (Wildman–Crippen MR) is 90.5 cm³/mol. The van der Waals surface area contributed by atoms with Gasteiger partial charge < -0.3 is 4.74 Å². The van der Waals surface area contributed by atoms with Gasteiger partial charge in [0.1, 0.15) is 5.75 Å². The minimum Gasteiger partial charge on any atom is -0.493 e. The Bertz CT molecular complexity index is 417. The van der Waals surface area contributed by atoms with E-state index in [9.17, 15) is 0 Å². The quantitative estimate of drug-likeness (QED) is 0.624. The van der Waals surface area contributed by atoms with Gasteiger partial charge in [0.25, 0.3) is 0 Å². The SMILES string of the molecule is CCCOc1ccccc1C(NN)C1SCCSC1C. The number of nitrogens with one attached hydrogen (secondary N) is 1. The summed E-state index contributed by atoms with van der Waals surface area (Å²) in [5, 5.41) is 1.07. The number of ether oxygens (including phenoxy) is 1. The standard InChI is InChI=1S/C15H24N2OS2/c1-3-8-18-13-7-5-4-6-12(13)14(17-16)15-11(2)19-9-10-20-15/h4-7,11,14-15,17H,3,8-10,16H2,1-2H3. The summed E-state index contributed by atoms with van der Waals surface area (Å²) in [6.45, 7) is 5.16. The number of benzene rings is 1. The van der Waals surface area contributed by atoms with E-state index in [1.807, 2.05) is 35.7 Å². The van der Waals surface area contributed by atoms with Crippen LogP contribution in [0.25, 0.3) is 0 Å². The van der Waals surface area contributed by atoms with E-state index in [0.29, 0.717) is 10.5 Å². The van der Waals surface area contributed by atoms with Crippen molar-refractivity contribution in [1.29, 1.82) is 0 Å². The summed E-state index contributed by atoms with van der Waals surface area (Å²) in [5.41, 5.74) is 4.20. The average molecular weight is 313 g/mol. The largest absolute Gasteiger partial charge is 0.493 e. The Balaban J connectivity index is 2.21. The second-order valence-electron chi connectivity index (χ2n) is 4.94. The second kappa shape index (κ2) is 8.17. The molecule has 1 aliphatic rings. The van der Waals surface area contributed by atoms with E-state index in [1.165, 1.54) is 17.1 Å². The van der Waals surface area contributed by atoms with Gasteiger partial charge in [0.15, 0.2) is 0 Å². The monoisotopic (exact) mass is 312 g/mol. The van der Waals surface area contributed by atoms with Gasteiger partial charge in [-0.05, 0) is 12.5 Å². The van der Waals surface area contributed by atoms with Gasteiger partial charge in [0.2, 0.25) is 0 Å². The Morgan fingerprint density at radius 1 is 1.35 bits per heavy atom. The van der Waals surface area contributed by atoms with Crippen LogP contribution in [0.15, 0.2) is 24.3 Å². The maximum Gasteiger partial charge on any atom is 0.124 e. The maximum absolute atomic E-state index is 5.88. The molecule has 0 aliphatic carbocycles. The first-order valence-corrected chi connectivity index (χ1v) is 9.28. The minimum absolute atomic E-state index is 0.135. The Morgan fingerprint density at radius 2 is 2.10 bits per heavy atom. The van der Waals surface area contributed by atoms with E-state index in [1.54, 1.807) is 0 Å². The van der Waals surface area contributed by atoms with Crippen LogP contribution < -0.4 is 16.0 Å². The van der Waals surface area contributed by atoms with Gasteiger partial charge in [-0.15, -0.1) is 0 Å². The lowest BCUT2D eigenvalue weighted by Crippen LogP contribution is -2.41. The molecule has 1 heterocycles. The van der Waals surface area contributed by atoms with E-state index >= 15 is 0 Å². The Morgan fingerprint density at radius 3 is 2.80 bits per heavy atom. The van der Waals surface area contributed by atoms with Crippen molar-refractivity contribution in [3.63, 3.8) is 0 Å². The van der Waals surface area contributed by atoms with Crippen LogP contribution in [-0.4, -0.2) is 28.6 Å². The van der Waals surface area contributed by atoms with Crippen molar-refractivity contribution in [3.05, 3.63) is 29.8 Å². The smallest absolute Gasteiger partial charge is 0.124 e. The van der Waals surface area contributed by atoms with Gasteiger partial charge in [-0.2, -0.15) is 23.5 Å². The molecule has 0 amide bonds. The fraction of sp³-hybridized carbons (Fsp3) is 0.600. The van der Waals surface area contributed by atoms with Gasteiger partial charge in [-0.1, -0.05) is 32.0 Å². The van der Waals surface area contributed by atoms with Crippen molar-refractivity contribution in [2.45, 2.75) is 36.8 Å². The molecular weight excluding hydrogens is 288 g/mol. The predicted octanol–water partition coefficient (Wildman–Crippen LogP) is 3.22. The zero-order chi connectivity index (χ0) is 14.4. The molecule has 0 spiro atoms. The van der Waals surface area contributed by atoms with Crippen LogP contribution in [0.3, 0.4) is 0 Å².